The van der Waals surface area contributed by atoms with E-state index < -0.39 is 0 Å². The van der Waals surface area contributed by atoms with Crippen LogP contribution in [0.4, 0.5) is 0 Å². The third kappa shape index (κ3) is 2.13. The number of benzene rings is 1. The summed E-state index contributed by atoms with van der Waals surface area (Å²) >= 11 is 0. The molecule has 1 heterocycles. The van der Waals surface area contributed by atoms with E-state index in [4.69, 9.17) is 4.74 Å². The molecule has 1 aromatic carbocycles. The summed E-state index contributed by atoms with van der Waals surface area (Å²) in [5.41, 5.74) is 2.17. The number of ether oxygens (including phenoxy) is 1. The van der Waals surface area contributed by atoms with E-state index in [1.165, 1.54) is 0 Å². The van der Waals surface area contributed by atoms with Gasteiger partial charge in [0.1, 0.15) is 5.52 Å². The lowest BCUT2D eigenvalue weighted by Gasteiger charge is -2.06. The van der Waals surface area contributed by atoms with Crippen LogP contribution in [-0.2, 0) is 4.74 Å². The molecule has 5 nitrogen and oxygen atoms in total. The zero-order valence-corrected chi connectivity index (χ0v) is 10.2. The van der Waals surface area contributed by atoms with Crippen molar-refractivity contribution in [1.29, 1.82) is 0 Å². The third-order valence-electron chi connectivity index (χ3n) is 2.47. The van der Waals surface area contributed by atoms with Gasteiger partial charge in [-0.15, -0.1) is 5.10 Å². The molecule has 0 aliphatic rings. The summed E-state index contributed by atoms with van der Waals surface area (Å²) in [7, 11) is 0. The predicted octanol–water partition coefficient (Wildman–Crippen LogP) is 2.19. The highest BCUT2D eigenvalue weighted by molar-refractivity contribution is 5.93. The van der Waals surface area contributed by atoms with E-state index in [-0.39, 0.29) is 12.0 Å². The SMILES string of the molecule is CCOC(=O)c1ccc2nnn(C(C)C)c2c1. The van der Waals surface area contributed by atoms with Gasteiger partial charge in [-0.05, 0) is 39.0 Å². The summed E-state index contributed by atoms with van der Waals surface area (Å²) in [4.78, 5) is 11.6. The number of hydrogen-bond acceptors (Lipinski definition) is 4. The van der Waals surface area contributed by atoms with Crippen LogP contribution in [0.5, 0.6) is 0 Å². The molecule has 0 bridgehead atoms. The monoisotopic (exact) mass is 233 g/mol. The van der Waals surface area contributed by atoms with Crippen LogP contribution in [0.15, 0.2) is 18.2 Å². The quantitative estimate of drug-likeness (QED) is 0.762. The topological polar surface area (TPSA) is 57.0 Å². The van der Waals surface area contributed by atoms with Crippen molar-refractivity contribution in [2.75, 3.05) is 6.61 Å². The molecule has 17 heavy (non-hydrogen) atoms. The maximum atomic E-state index is 11.6. The van der Waals surface area contributed by atoms with Crippen molar-refractivity contribution >= 4 is 17.0 Å². The molecule has 0 saturated carbocycles. The van der Waals surface area contributed by atoms with E-state index in [1.54, 1.807) is 29.8 Å². The number of nitrogens with zero attached hydrogens (tertiary/aromatic N) is 3. The summed E-state index contributed by atoms with van der Waals surface area (Å²) in [5, 5.41) is 8.10. The lowest BCUT2D eigenvalue weighted by Crippen LogP contribution is -2.06. The highest BCUT2D eigenvalue weighted by atomic mass is 16.5. The first-order chi connectivity index (χ1) is 8.13. The predicted molar refractivity (Wildman–Crippen MR) is 63.9 cm³/mol. The second-order valence-corrected chi connectivity index (χ2v) is 4.05. The van der Waals surface area contributed by atoms with Crippen LogP contribution in [0.2, 0.25) is 0 Å². The largest absolute Gasteiger partial charge is 0.462 e. The van der Waals surface area contributed by atoms with E-state index in [2.05, 4.69) is 10.3 Å². The lowest BCUT2D eigenvalue weighted by atomic mass is 10.2. The molecule has 0 aliphatic carbocycles. The maximum absolute atomic E-state index is 11.6. The minimum Gasteiger partial charge on any atom is -0.462 e. The Balaban J connectivity index is 2.47. The third-order valence-corrected chi connectivity index (χ3v) is 2.47. The Morgan fingerprint density at radius 1 is 1.47 bits per heavy atom. The summed E-state index contributed by atoms with van der Waals surface area (Å²) in [6.07, 6.45) is 0. The molecule has 2 rings (SSSR count). The zero-order chi connectivity index (χ0) is 12.4. The molecular weight excluding hydrogens is 218 g/mol. The molecule has 2 aromatic rings. The number of hydrogen-bond donors (Lipinski definition) is 0. The van der Waals surface area contributed by atoms with Gasteiger partial charge < -0.3 is 4.74 Å². The molecular formula is C12H15N3O2. The minimum absolute atomic E-state index is 0.206. The Morgan fingerprint density at radius 2 is 2.24 bits per heavy atom. The molecule has 0 N–H and O–H groups in total. The Hall–Kier alpha value is -1.91. The number of esters is 1. The number of carbonyl (C=O) groups excluding carboxylic acids is 1. The molecule has 0 fully saturated rings. The molecule has 0 unspecified atom stereocenters. The normalized spacial score (nSPS) is 11.1. The smallest absolute Gasteiger partial charge is 0.338 e. The molecule has 90 valence electrons. The average Bonchev–Trinajstić information content (AvgIpc) is 2.71. The summed E-state index contributed by atoms with van der Waals surface area (Å²) in [6, 6.07) is 5.47. The van der Waals surface area contributed by atoms with Crippen LogP contribution < -0.4 is 0 Å². The second kappa shape index (κ2) is 4.53. The molecule has 0 spiro atoms. The van der Waals surface area contributed by atoms with Crippen LogP contribution in [0.1, 0.15) is 37.2 Å². The van der Waals surface area contributed by atoms with Crippen molar-refractivity contribution in [3.8, 4) is 0 Å². The van der Waals surface area contributed by atoms with Crippen molar-refractivity contribution in [2.45, 2.75) is 26.8 Å². The van der Waals surface area contributed by atoms with Gasteiger partial charge in [0.25, 0.3) is 0 Å². The fourth-order valence-electron chi connectivity index (χ4n) is 1.66. The number of fused-ring (bicyclic) bond motifs is 1. The van der Waals surface area contributed by atoms with Crippen molar-refractivity contribution in [3.63, 3.8) is 0 Å². The van der Waals surface area contributed by atoms with Crippen molar-refractivity contribution in [3.05, 3.63) is 23.8 Å². The molecule has 0 atom stereocenters. The Labute approximate surface area is 99.4 Å². The Bertz CT molecular complexity index is 546. The fourth-order valence-corrected chi connectivity index (χ4v) is 1.66. The summed E-state index contributed by atoms with van der Waals surface area (Å²) in [5.74, 6) is -0.314. The van der Waals surface area contributed by atoms with Gasteiger partial charge in [-0.25, -0.2) is 9.48 Å². The second-order valence-electron chi connectivity index (χ2n) is 4.05. The van der Waals surface area contributed by atoms with Gasteiger partial charge >= 0.3 is 5.97 Å². The first-order valence-electron chi connectivity index (χ1n) is 5.65. The highest BCUT2D eigenvalue weighted by Crippen LogP contribution is 2.17. The summed E-state index contributed by atoms with van der Waals surface area (Å²) < 4.78 is 6.75. The Kier molecular flexibility index (Phi) is 3.08. The van der Waals surface area contributed by atoms with Gasteiger partial charge in [-0.1, -0.05) is 5.21 Å². The van der Waals surface area contributed by atoms with Crippen molar-refractivity contribution in [2.24, 2.45) is 0 Å². The first-order valence-corrected chi connectivity index (χ1v) is 5.65. The standard InChI is InChI=1S/C12H15N3O2/c1-4-17-12(16)9-5-6-10-11(7-9)15(8(2)3)14-13-10/h5-8H,4H2,1-3H3. The minimum atomic E-state index is -0.314. The molecule has 0 saturated heterocycles. The van der Waals surface area contributed by atoms with Crippen molar-refractivity contribution < 1.29 is 9.53 Å². The van der Waals surface area contributed by atoms with Crippen molar-refractivity contribution in [1.82, 2.24) is 15.0 Å². The molecule has 5 heteroatoms. The van der Waals surface area contributed by atoms with Gasteiger partial charge in [0, 0.05) is 6.04 Å². The van der Waals surface area contributed by atoms with E-state index in [0.717, 1.165) is 11.0 Å². The molecule has 0 radical (unpaired) electrons. The van der Waals surface area contributed by atoms with E-state index in [1.807, 2.05) is 13.8 Å². The van der Waals surface area contributed by atoms with Gasteiger partial charge in [0.2, 0.25) is 0 Å². The molecule has 0 amide bonds. The van der Waals surface area contributed by atoms with Crippen LogP contribution in [0.3, 0.4) is 0 Å². The van der Waals surface area contributed by atoms with Gasteiger partial charge in [0.05, 0.1) is 17.7 Å². The van der Waals surface area contributed by atoms with Gasteiger partial charge in [-0.3, -0.25) is 0 Å². The first kappa shape index (κ1) is 11.6. The van der Waals surface area contributed by atoms with Crippen LogP contribution in [0, 0.1) is 0 Å². The van der Waals surface area contributed by atoms with E-state index in [9.17, 15) is 4.79 Å². The number of carbonyl (C=O) groups is 1. The average molecular weight is 233 g/mol. The van der Waals surface area contributed by atoms with Crippen LogP contribution >= 0.6 is 0 Å². The number of aromatic nitrogens is 3. The molecule has 0 aliphatic heterocycles. The van der Waals surface area contributed by atoms with Gasteiger partial charge in [0.15, 0.2) is 0 Å². The maximum Gasteiger partial charge on any atom is 0.338 e. The highest BCUT2D eigenvalue weighted by Gasteiger charge is 2.12. The van der Waals surface area contributed by atoms with Crippen LogP contribution in [0.25, 0.3) is 11.0 Å². The Morgan fingerprint density at radius 3 is 2.88 bits per heavy atom. The zero-order valence-electron chi connectivity index (χ0n) is 10.2. The van der Waals surface area contributed by atoms with Crippen LogP contribution in [-0.4, -0.2) is 27.6 Å². The lowest BCUT2D eigenvalue weighted by molar-refractivity contribution is 0.0526. The number of rotatable bonds is 3. The van der Waals surface area contributed by atoms with E-state index >= 15 is 0 Å². The fraction of sp³-hybridized carbons (Fsp3) is 0.417. The molecule has 1 aromatic heterocycles. The van der Waals surface area contributed by atoms with Gasteiger partial charge in [-0.2, -0.15) is 0 Å². The summed E-state index contributed by atoms with van der Waals surface area (Å²) in [6.45, 7) is 6.20. The van der Waals surface area contributed by atoms with E-state index in [0.29, 0.717) is 12.2 Å².